The highest BCUT2D eigenvalue weighted by Gasteiger charge is 2.08. The lowest BCUT2D eigenvalue weighted by Gasteiger charge is -2.09. The molecule has 0 saturated heterocycles. The molecule has 0 aliphatic heterocycles. The molecule has 0 spiro atoms. The fourth-order valence-corrected chi connectivity index (χ4v) is 1.81. The summed E-state index contributed by atoms with van der Waals surface area (Å²) in [5, 5.41) is 15.2. The molecule has 0 bridgehead atoms. The van der Waals surface area contributed by atoms with E-state index in [0.29, 0.717) is 0 Å². The Hall–Kier alpha value is -1.95. The van der Waals surface area contributed by atoms with Gasteiger partial charge >= 0.3 is 0 Å². The smallest absolute Gasteiger partial charge is 0.157 e. The van der Waals surface area contributed by atoms with Gasteiger partial charge in [0.1, 0.15) is 0 Å². The van der Waals surface area contributed by atoms with Gasteiger partial charge in [0.15, 0.2) is 5.82 Å². The summed E-state index contributed by atoms with van der Waals surface area (Å²) >= 11 is 0. The zero-order chi connectivity index (χ0) is 13.7. The van der Waals surface area contributed by atoms with Gasteiger partial charge in [-0.05, 0) is 55.7 Å². The van der Waals surface area contributed by atoms with Crippen LogP contribution in [0.25, 0.3) is 5.69 Å². The monoisotopic (exact) mass is 260 g/mol. The van der Waals surface area contributed by atoms with E-state index in [9.17, 15) is 0 Å². The van der Waals surface area contributed by atoms with Crippen LogP contribution in [0.3, 0.4) is 0 Å². The topological polar surface area (TPSA) is 58.9 Å². The standard InChI is InChI=1S/C13H20N6/c1-4-14-11-5-7-12(8-6-11)19-13(15-16-17-19)9-10-18(2)3/h5-8,14H,4,9-10H2,1-3H3. The van der Waals surface area contributed by atoms with E-state index in [4.69, 9.17) is 0 Å². The number of rotatable bonds is 6. The molecule has 0 aliphatic carbocycles. The molecule has 0 amide bonds. The van der Waals surface area contributed by atoms with Crippen molar-refractivity contribution < 1.29 is 0 Å². The minimum absolute atomic E-state index is 0.828. The highest BCUT2D eigenvalue weighted by molar-refractivity contribution is 5.48. The van der Waals surface area contributed by atoms with Crippen LogP contribution < -0.4 is 5.32 Å². The predicted octanol–water partition coefficient (Wildman–Crippen LogP) is 1.20. The van der Waals surface area contributed by atoms with Gasteiger partial charge in [-0.1, -0.05) is 0 Å². The maximum atomic E-state index is 4.08. The summed E-state index contributed by atoms with van der Waals surface area (Å²) in [6.45, 7) is 3.92. The Balaban J connectivity index is 2.15. The molecule has 102 valence electrons. The van der Waals surface area contributed by atoms with Gasteiger partial charge in [-0.15, -0.1) is 5.10 Å². The first-order chi connectivity index (χ1) is 9.20. The summed E-state index contributed by atoms with van der Waals surface area (Å²) in [7, 11) is 4.08. The number of likely N-dealkylation sites (N-methyl/N-ethyl adjacent to an activating group) is 1. The molecule has 2 aromatic rings. The van der Waals surface area contributed by atoms with Crippen molar-refractivity contribution in [3.63, 3.8) is 0 Å². The van der Waals surface area contributed by atoms with Crippen LogP contribution in [0.4, 0.5) is 5.69 Å². The van der Waals surface area contributed by atoms with Crippen LogP contribution in [-0.2, 0) is 6.42 Å². The van der Waals surface area contributed by atoms with Crippen LogP contribution in [0.5, 0.6) is 0 Å². The van der Waals surface area contributed by atoms with Gasteiger partial charge in [-0.25, -0.2) is 0 Å². The summed E-state index contributed by atoms with van der Waals surface area (Å²) in [5.41, 5.74) is 2.09. The van der Waals surface area contributed by atoms with E-state index >= 15 is 0 Å². The highest BCUT2D eigenvalue weighted by Crippen LogP contribution is 2.13. The van der Waals surface area contributed by atoms with Crippen molar-refractivity contribution in [1.29, 1.82) is 0 Å². The van der Waals surface area contributed by atoms with Gasteiger partial charge in [-0.2, -0.15) is 4.68 Å². The number of nitrogens with one attached hydrogen (secondary N) is 1. The largest absolute Gasteiger partial charge is 0.385 e. The molecule has 0 unspecified atom stereocenters. The van der Waals surface area contributed by atoms with E-state index < -0.39 is 0 Å². The molecule has 1 aromatic heterocycles. The minimum atomic E-state index is 0.828. The van der Waals surface area contributed by atoms with Crippen molar-refractivity contribution in [1.82, 2.24) is 25.1 Å². The first-order valence-corrected chi connectivity index (χ1v) is 6.47. The van der Waals surface area contributed by atoms with Crippen molar-refractivity contribution in [3.8, 4) is 5.69 Å². The molecule has 0 saturated carbocycles. The van der Waals surface area contributed by atoms with Crippen LogP contribution in [0.1, 0.15) is 12.7 Å². The number of benzene rings is 1. The number of hydrogen-bond donors (Lipinski definition) is 1. The maximum absolute atomic E-state index is 4.08. The summed E-state index contributed by atoms with van der Waals surface area (Å²) < 4.78 is 1.79. The van der Waals surface area contributed by atoms with E-state index in [1.807, 2.05) is 38.4 Å². The SMILES string of the molecule is CCNc1ccc(-n2nnnc2CCN(C)C)cc1. The third-order valence-corrected chi connectivity index (χ3v) is 2.81. The van der Waals surface area contributed by atoms with Crippen LogP contribution in [0.2, 0.25) is 0 Å². The molecule has 2 rings (SSSR count). The second kappa shape index (κ2) is 6.29. The quantitative estimate of drug-likeness (QED) is 0.845. The van der Waals surface area contributed by atoms with Crippen molar-refractivity contribution in [2.75, 3.05) is 32.5 Å². The minimum Gasteiger partial charge on any atom is -0.385 e. The summed E-state index contributed by atoms with van der Waals surface area (Å²) in [6.07, 6.45) is 0.828. The van der Waals surface area contributed by atoms with E-state index in [-0.39, 0.29) is 0 Å². The average molecular weight is 260 g/mol. The van der Waals surface area contributed by atoms with Gasteiger partial charge in [0.2, 0.25) is 0 Å². The van der Waals surface area contributed by atoms with E-state index in [2.05, 4.69) is 32.7 Å². The van der Waals surface area contributed by atoms with Crippen molar-refractivity contribution in [3.05, 3.63) is 30.1 Å². The van der Waals surface area contributed by atoms with Gasteiger partial charge < -0.3 is 10.2 Å². The Morgan fingerprint density at radius 3 is 2.58 bits per heavy atom. The summed E-state index contributed by atoms with van der Waals surface area (Å²) in [4.78, 5) is 2.12. The Bertz CT molecular complexity index is 502. The Labute approximate surface area is 113 Å². The molecule has 0 aliphatic rings. The molecule has 6 heteroatoms. The first-order valence-electron chi connectivity index (χ1n) is 6.47. The number of anilines is 1. The van der Waals surface area contributed by atoms with Crippen molar-refractivity contribution in [2.45, 2.75) is 13.3 Å². The summed E-state index contributed by atoms with van der Waals surface area (Å²) in [5.74, 6) is 0.880. The molecule has 19 heavy (non-hydrogen) atoms. The van der Waals surface area contributed by atoms with Crippen LogP contribution in [0.15, 0.2) is 24.3 Å². The van der Waals surface area contributed by atoms with E-state index in [0.717, 1.165) is 36.7 Å². The predicted molar refractivity (Wildman–Crippen MR) is 75.6 cm³/mol. The molecule has 0 fully saturated rings. The maximum Gasteiger partial charge on any atom is 0.157 e. The fourth-order valence-electron chi connectivity index (χ4n) is 1.81. The lowest BCUT2D eigenvalue weighted by Crippen LogP contribution is -2.17. The zero-order valence-corrected chi connectivity index (χ0v) is 11.7. The molecule has 0 atom stereocenters. The zero-order valence-electron chi connectivity index (χ0n) is 11.7. The lowest BCUT2D eigenvalue weighted by molar-refractivity contribution is 0.408. The van der Waals surface area contributed by atoms with Crippen LogP contribution >= 0.6 is 0 Å². The number of hydrogen-bond acceptors (Lipinski definition) is 5. The van der Waals surface area contributed by atoms with E-state index in [1.54, 1.807) is 4.68 Å². The van der Waals surface area contributed by atoms with Gasteiger partial charge in [0, 0.05) is 25.2 Å². The average Bonchev–Trinajstić information content (AvgIpc) is 2.86. The van der Waals surface area contributed by atoms with Crippen molar-refractivity contribution in [2.24, 2.45) is 0 Å². The molecule has 1 N–H and O–H groups in total. The Morgan fingerprint density at radius 1 is 1.21 bits per heavy atom. The first kappa shape index (κ1) is 13.5. The number of tetrazole rings is 1. The highest BCUT2D eigenvalue weighted by atomic mass is 15.5. The molecular weight excluding hydrogens is 240 g/mol. The van der Waals surface area contributed by atoms with Crippen molar-refractivity contribution >= 4 is 5.69 Å². The molecule has 1 heterocycles. The second-order valence-electron chi connectivity index (χ2n) is 4.64. The third kappa shape index (κ3) is 3.51. The van der Waals surface area contributed by atoms with E-state index in [1.165, 1.54) is 0 Å². The Kier molecular flexibility index (Phi) is 4.46. The second-order valence-corrected chi connectivity index (χ2v) is 4.64. The van der Waals surface area contributed by atoms with Crippen LogP contribution in [-0.4, -0.2) is 52.3 Å². The van der Waals surface area contributed by atoms with Gasteiger partial charge in [-0.3, -0.25) is 0 Å². The third-order valence-electron chi connectivity index (χ3n) is 2.81. The molecule has 0 radical (unpaired) electrons. The summed E-state index contributed by atoms with van der Waals surface area (Å²) in [6, 6.07) is 8.12. The van der Waals surface area contributed by atoms with Crippen LogP contribution in [0, 0.1) is 0 Å². The normalized spacial score (nSPS) is 10.9. The number of nitrogens with zero attached hydrogens (tertiary/aromatic N) is 5. The van der Waals surface area contributed by atoms with Gasteiger partial charge in [0.05, 0.1) is 5.69 Å². The molecule has 1 aromatic carbocycles. The van der Waals surface area contributed by atoms with Gasteiger partial charge in [0.25, 0.3) is 0 Å². The Morgan fingerprint density at radius 2 is 1.95 bits per heavy atom. The molecule has 6 nitrogen and oxygen atoms in total. The fraction of sp³-hybridized carbons (Fsp3) is 0.462. The lowest BCUT2D eigenvalue weighted by atomic mass is 10.2. The molecular formula is C13H20N6. The number of aromatic nitrogens is 4.